The number of aryl methyl sites for hydroxylation is 1. The number of nitrogens with one attached hydrogen (secondary N) is 1. The second kappa shape index (κ2) is 10.1. The molecule has 1 aliphatic heterocycles. The highest BCUT2D eigenvalue weighted by Gasteiger charge is 2.27. The van der Waals surface area contributed by atoms with E-state index >= 15 is 0 Å². The molecule has 0 unspecified atom stereocenters. The Kier molecular flexibility index (Phi) is 8.10. The minimum atomic E-state index is -0.456. The van der Waals surface area contributed by atoms with Gasteiger partial charge in [-0.05, 0) is 53.4 Å². The fourth-order valence-electron chi connectivity index (χ4n) is 3.27. The molecule has 0 radical (unpaired) electrons. The van der Waals surface area contributed by atoms with Crippen molar-refractivity contribution in [3.05, 3.63) is 16.1 Å². The maximum atomic E-state index is 12.4. The van der Waals surface area contributed by atoms with E-state index in [1.165, 1.54) is 4.88 Å². The minimum absolute atomic E-state index is 0.214. The summed E-state index contributed by atoms with van der Waals surface area (Å²) in [7, 11) is 1.82. The van der Waals surface area contributed by atoms with Gasteiger partial charge in [0.15, 0.2) is 5.96 Å². The zero-order valence-corrected chi connectivity index (χ0v) is 18.9. The summed E-state index contributed by atoms with van der Waals surface area (Å²) >= 11 is 1.71. The van der Waals surface area contributed by atoms with Crippen LogP contribution in [0.3, 0.4) is 0 Å². The number of amides is 1. The third kappa shape index (κ3) is 6.96. The van der Waals surface area contributed by atoms with Gasteiger partial charge in [0.1, 0.15) is 10.6 Å². The lowest BCUT2D eigenvalue weighted by Gasteiger charge is -2.36. The molecule has 1 aromatic rings. The molecule has 0 atom stereocenters. The molecule has 7 nitrogen and oxygen atoms in total. The molecule has 1 amide bonds. The average Bonchev–Trinajstić information content (AvgIpc) is 3.05. The molecule has 2 rings (SSSR count). The van der Waals surface area contributed by atoms with Crippen molar-refractivity contribution >= 4 is 23.4 Å². The predicted molar refractivity (Wildman–Crippen MR) is 115 cm³/mol. The Balaban J connectivity index is 1.81. The van der Waals surface area contributed by atoms with Gasteiger partial charge in [-0.3, -0.25) is 4.99 Å². The number of guanidine groups is 1. The van der Waals surface area contributed by atoms with Gasteiger partial charge in [0.25, 0.3) is 0 Å². The van der Waals surface area contributed by atoms with Crippen LogP contribution in [0.25, 0.3) is 0 Å². The van der Waals surface area contributed by atoms with E-state index in [0.29, 0.717) is 19.0 Å². The van der Waals surface area contributed by atoms with Gasteiger partial charge in [0.2, 0.25) is 0 Å². The maximum Gasteiger partial charge on any atom is 0.410 e. The quantitative estimate of drug-likeness (QED) is 0.595. The third-order valence-electron chi connectivity index (χ3n) is 4.70. The van der Waals surface area contributed by atoms with E-state index in [1.54, 1.807) is 11.3 Å². The van der Waals surface area contributed by atoms with E-state index in [2.05, 4.69) is 27.1 Å². The van der Waals surface area contributed by atoms with E-state index in [9.17, 15) is 4.79 Å². The Morgan fingerprint density at radius 1 is 1.43 bits per heavy atom. The number of piperidine rings is 1. The van der Waals surface area contributed by atoms with Crippen molar-refractivity contribution in [3.8, 4) is 0 Å². The van der Waals surface area contributed by atoms with Crippen LogP contribution in [0.2, 0.25) is 0 Å². The van der Waals surface area contributed by atoms with Gasteiger partial charge < -0.3 is 19.9 Å². The first kappa shape index (κ1) is 22.5. The summed E-state index contributed by atoms with van der Waals surface area (Å²) in [5, 5.41) is 4.49. The number of carbonyl (C=O) groups is 1. The molecular formula is C20H35N5O2S. The number of thiazole rings is 1. The van der Waals surface area contributed by atoms with Crippen molar-refractivity contribution in [2.75, 3.05) is 33.2 Å². The second-order valence-corrected chi connectivity index (χ2v) is 9.53. The maximum absolute atomic E-state index is 12.4. The van der Waals surface area contributed by atoms with Crippen molar-refractivity contribution in [1.82, 2.24) is 20.1 Å². The Labute approximate surface area is 173 Å². The molecule has 1 aliphatic rings. The molecule has 0 bridgehead atoms. The predicted octanol–water partition coefficient (Wildman–Crippen LogP) is 3.50. The molecule has 0 aromatic carbocycles. The lowest BCUT2D eigenvalue weighted by Crippen LogP contribution is -2.47. The molecule has 28 heavy (non-hydrogen) atoms. The monoisotopic (exact) mass is 409 g/mol. The number of nitrogens with zero attached hydrogens (tertiary/aromatic N) is 4. The minimum Gasteiger partial charge on any atom is -0.444 e. The first-order valence-corrected chi connectivity index (χ1v) is 10.9. The number of hydrogen-bond donors (Lipinski definition) is 1. The molecule has 2 heterocycles. The van der Waals surface area contributed by atoms with Crippen LogP contribution >= 0.6 is 11.3 Å². The van der Waals surface area contributed by atoms with E-state index in [4.69, 9.17) is 4.74 Å². The van der Waals surface area contributed by atoms with Crippen molar-refractivity contribution < 1.29 is 9.53 Å². The van der Waals surface area contributed by atoms with Gasteiger partial charge in [-0.15, -0.1) is 11.3 Å². The topological polar surface area (TPSA) is 70.1 Å². The van der Waals surface area contributed by atoms with Crippen LogP contribution in [0, 0.1) is 12.8 Å². The van der Waals surface area contributed by atoms with Gasteiger partial charge in [-0.1, -0.05) is 0 Å². The smallest absolute Gasteiger partial charge is 0.410 e. The highest BCUT2D eigenvalue weighted by atomic mass is 32.1. The van der Waals surface area contributed by atoms with Crippen molar-refractivity contribution in [2.45, 2.75) is 59.6 Å². The molecule has 1 saturated heterocycles. The van der Waals surface area contributed by atoms with Gasteiger partial charge in [-0.25, -0.2) is 9.78 Å². The molecule has 8 heteroatoms. The number of likely N-dealkylation sites (tertiary alicyclic amines) is 1. The lowest BCUT2D eigenvalue weighted by atomic mass is 9.96. The summed E-state index contributed by atoms with van der Waals surface area (Å²) in [5.74, 6) is 1.41. The van der Waals surface area contributed by atoms with Crippen LogP contribution in [-0.2, 0) is 11.3 Å². The van der Waals surface area contributed by atoms with Gasteiger partial charge in [0, 0.05) is 44.3 Å². The summed E-state index contributed by atoms with van der Waals surface area (Å²) in [5.41, 5.74) is -0.456. The third-order valence-corrected chi connectivity index (χ3v) is 5.62. The zero-order valence-electron chi connectivity index (χ0n) is 18.1. The Morgan fingerprint density at radius 2 is 2.11 bits per heavy atom. The van der Waals surface area contributed by atoms with Crippen LogP contribution in [0.15, 0.2) is 11.2 Å². The van der Waals surface area contributed by atoms with Crippen LogP contribution in [0.4, 0.5) is 4.79 Å². The first-order chi connectivity index (χ1) is 13.2. The standard InChI is InChI=1S/C20H35N5O2S/c1-7-24(19(26)27-20(3,4)5)14-16-8-10-25(11-9-16)18(21-6)23-13-17-22-12-15(2)28-17/h12,16H,7-11,13-14H2,1-6H3,(H,21,23). The second-order valence-electron chi connectivity index (χ2n) is 8.21. The Bertz CT molecular complexity index is 660. The number of ether oxygens (including phenoxy) is 1. The summed E-state index contributed by atoms with van der Waals surface area (Å²) in [6, 6.07) is 0. The molecule has 1 N–H and O–H groups in total. The summed E-state index contributed by atoms with van der Waals surface area (Å²) < 4.78 is 5.53. The average molecular weight is 410 g/mol. The largest absolute Gasteiger partial charge is 0.444 e. The molecule has 1 aromatic heterocycles. The summed E-state index contributed by atoms with van der Waals surface area (Å²) in [4.78, 5) is 26.5. The van der Waals surface area contributed by atoms with Gasteiger partial charge in [-0.2, -0.15) is 0 Å². The number of aromatic nitrogens is 1. The highest BCUT2D eigenvalue weighted by molar-refractivity contribution is 7.11. The van der Waals surface area contributed by atoms with Crippen LogP contribution in [0.5, 0.6) is 0 Å². The number of hydrogen-bond acceptors (Lipinski definition) is 5. The Hall–Kier alpha value is -1.83. The fourth-order valence-corrected chi connectivity index (χ4v) is 4.00. The van der Waals surface area contributed by atoms with Crippen LogP contribution < -0.4 is 5.32 Å². The summed E-state index contributed by atoms with van der Waals surface area (Å²) in [6.45, 7) is 13.8. The molecule has 158 valence electrons. The van der Waals surface area contributed by atoms with Gasteiger partial charge >= 0.3 is 6.09 Å². The molecule has 0 spiro atoms. The van der Waals surface area contributed by atoms with Gasteiger partial charge in [0.05, 0.1) is 6.54 Å². The van der Waals surface area contributed by atoms with Crippen LogP contribution in [0.1, 0.15) is 50.4 Å². The molecule has 1 fully saturated rings. The summed E-state index contributed by atoms with van der Waals surface area (Å²) in [6.07, 6.45) is 3.76. The Morgan fingerprint density at radius 3 is 2.61 bits per heavy atom. The van der Waals surface area contributed by atoms with Crippen molar-refractivity contribution in [1.29, 1.82) is 0 Å². The van der Waals surface area contributed by atoms with E-state index < -0.39 is 5.60 Å². The number of aliphatic imine (C=N–C) groups is 1. The van der Waals surface area contributed by atoms with E-state index in [0.717, 1.165) is 43.4 Å². The first-order valence-electron chi connectivity index (χ1n) is 10.1. The highest BCUT2D eigenvalue weighted by Crippen LogP contribution is 2.20. The molecule has 0 saturated carbocycles. The normalized spacial score (nSPS) is 16.2. The van der Waals surface area contributed by atoms with Crippen molar-refractivity contribution in [3.63, 3.8) is 0 Å². The lowest BCUT2D eigenvalue weighted by molar-refractivity contribution is 0.0214. The molecular weight excluding hydrogens is 374 g/mol. The number of rotatable bonds is 5. The molecule has 0 aliphatic carbocycles. The van der Waals surface area contributed by atoms with E-state index in [1.807, 2.05) is 45.8 Å². The van der Waals surface area contributed by atoms with Crippen LogP contribution in [-0.4, -0.2) is 65.7 Å². The zero-order chi connectivity index (χ0) is 20.7. The SMILES string of the molecule is CCN(CC1CCN(C(=NC)NCc2ncc(C)s2)CC1)C(=O)OC(C)(C)C. The fraction of sp³-hybridized carbons (Fsp3) is 0.750. The van der Waals surface area contributed by atoms with E-state index in [-0.39, 0.29) is 6.09 Å². The number of carbonyl (C=O) groups excluding carboxylic acids is 1. The van der Waals surface area contributed by atoms with Crippen molar-refractivity contribution in [2.24, 2.45) is 10.9 Å².